The van der Waals surface area contributed by atoms with Crippen LogP contribution in [0.2, 0.25) is 0 Å². The summed E-state index contributed by atoms with van der Waals surface area (Å²) in [5, 5.41) is 3.18. The summed E-state index contributed by atoms with van der Waals surface area (Å²) in [5.74, 6) is 5.83. The molecule has 0 amide bonds. The topological polar surface area (TPSA) is 62.4 Å². The Hall–Kier alpha value is -1.62. The fourth-order valence-corrected chi connectivity index (χ4v) is 2.40. The van der Waals surface area contributed by atoms with Gasteiger partial charge < -0.3 is 5.32 Å². The molecule has 19 heavy (non-hydrogen) atoms. The molecule has 1 aliphatic rings. The van der Waals surface area contributed by atoms with E-state index in [0.29, 0.717) is 12.0 Å². The van der Waals surface area contributed by atoms with Crippen molar-refractivity contribution in [2.45, 2.75) is 44.7 Å². The first kappa shape index (κ1) is 13.8. The highest BCUT2D eigenvalue weighted by Crippen LogP contribution is 2.21. The maximum atomic E-state index is 13.2. The number of nitrogens with two attached hydrogens (primary N) is 1. The molecule has 1 aromatic rings. The molecule has 5 heteroatoms. The summed E-state index contributed by atoms with van der Waals surface area (Å²) in [6, 6.07) is 6.83. The van der Waals surface area contributed by atoms with Gasteiger partial charge in [0.15, 0.2) is 0 Å². The van der Waals surface area contributed by atoms with Crippen LogP contribution in [0.5, 0.6) is 0 Å². The first-order chi connectivity index (χ1) is 9.19. The molecule has 0 aromatic heterocycles. The van der Waals surface area contributed by atoms with Crippen LogP contribution < -0.4 is 16.6 Å². The predicted molar refractivity (Wildman–Crippen MR) is 75.0 cm³/mol. The maximum absolute atomic E-state index is 13.2. The number of hydrogen-bond acceptors (Lipinski definition) is 2. The van der Waals surface area contributed by atoms with Crippen molar-refractivity contribution in [3.63, 3.8) is 0 Å². The molecule has 1 aliphatic carbocycles. The number of guanidine groups is 1. The Morgan fingerprint density at radius 2 is 2.16 bits per heavy atom. The van der Waals surface area contributed by atoms with Gasteiger partial charge in [0.25, 0.3) is 0 Å². The normalized spacial score (nSPS) is 18.4. The van der Waals surface area contributed by atoms with Gasteiger partial charge in [0.2, 0.25) is 5.96 Å². The molecule has 0 radical (unpaired) electrons. The van der Waals surface area contributed by atoms with Gasteiger partial charge in [-0.3, -0.25) is 5.43 Å². The van der Waals surface area contributed by atoms with E-state index in [9.17, 15) is 4.39 Å². The standard InChI is InChI=1S/C14H21FN4/c1-10(11-5-4-6-12(15)9-11)17-14(19-16)18-13-7-2-3-8-13/h4-6,9-10,13H,2-3,7-8,16H2,1H3,(H2,17,18,19). The van der Waals surface area contributed by atoms with Gasteiger partial charge in [-0.05, 0) is 37.5 Å². The van der Waals surface area contributed by atoms with E-state index in [1.807, 2.05) is 13.0 Å². The summed E-state index contributed by atoms with van der Waals surface area (Å²) in [4.78, 5) is 4.56. The molecule has 0 saturated heterocycles. The van der Waals surface area contributed by atoms with E-state index in [-0.39, 0.29) is 11.9 Å². The van der Waals surface area contributed by atoms with Crippen LogP contribution in [0.15, 0.2) is 29.3 Å². The smallest absolute Gasteiger partial charge is 0.206 e. The molecular weight excluding hydrogens is 243 g/mol. The molecule has 2 rings (SSSR count). The van der Waals surface area contributed by atoms with Crippen LogP contribution in [0.1, 0.15) is 44.2 Å². The van der Waals surface area contributed by atoms with Crippen LogP contribution in [-0.4, -0.2) is 12.0 Å². The molecule has 1 fully saturated rings. The highest BCUT2D eigenvalue weighted by molar-refractivity contribution is 5.79. The zero-order chi connectivity index (χ0) is 13.7. The number of hydrazine groups is 1. The molecule has 1 unspecified atom stereocenters. The fraction of sp³-hybridized carbons (Fsp3) is 0.500. The average molecular weight is 264 g/mol. The molecule has 4 nitrogen and oxygen atoms in total. The number of nitrogens with one attached hydrogen (secondary N) is 2. The van der Waals surface area contributed by atoms with E-state index in [1.54, 1.807) is 6.07 Å². The second-order valence-electron chi connectivity index (χ2n) is 4.98. The summed E-state index contributed by atoms with van der Waals surface area (Å²) >= 11 is 0. The molecule has 4 N–H and O–H groups in total. The number of benzene rings is 1. The molecule has 0 aliphatic heterocycles. The summed E-state index contributed by atoms with van der Waals surface area (Å²) in [6.07, 6.45) is 4.68. The number of halogens is 1. The van der Waals surface area contributed by atoms with Gasteiger partial charge in [-0.15, -0.1) is 0 Å². The third-order valence-corrected chi connectivity index (χ3v) is 3.47. The second-order valence-corrected chi connectivity index (χ2v) is 4.98. The third kappa shape index (κ3) is 3.92. The van der Waals surface area contributed by atoms with E-state index < -0.39 is 0 Å². The van der Waals surface area contributed by atoms with Gasteiger partial charge in [-0.2, -0.15) is 0 Å². The molecule has 0 heterocycles. The zero-order valence-electron chi connectivity index (χ0n) is 11.2. The van der Waals surface area contributed by atoms with Crippen LogP contribution in [0.25, 0.3) is 0 Å². The lowest BCUT2D eigenvalue weighted by atomic mass is 10.1. The molecule has 104 valence electrons. The van der Waals surface area contributed by atoms with Crippen molar-refractivity contribution in [1.82, 2.24) is 10.7 Å². The Morgan fingerprint density at radius 3 is 2.79 bits per heavy atom. The molecule has 0 bridgehead atoms. The molecule has 1 aromatic carbocycles. The fourth-order valence-electron chi connectivity index (χ4n) is 2.40. The van der Waals surface area contributed by atoms with Crippen molar-refractivity contribution in [3.8, 4) is 0 Å². The quantitative estimate of drug-likeness (QED) is 0.339. The number of nitrogens with zero attached hydrogens (tertiary/aromatic N) is 1. The Morgan fingerprint density at radius 1 is 1.42 bits per heavy atom. The van der Waals surface area contributed by atoms with Gasteiger partial charge in [-0.1, -0.05) is 25.0 Å². The minimum Gasteiger partial charge on any atom is -0.349 e. The van der Waals surface area contributed by atoms with Crippen molar-refractivity contribution >= 4 is 5.96 Å². The van der Waals surface area contributed by atoms with E-state index >= 15 is 0 Å². The largest absolute Gasteiger partial charge is 0.349 e. The molecular formula is C14H21FN4. The van der Waals surface area contributed by atoms with Gasteiger partial charge in [-0.25, -0.2) is 15.2 Å². The highest BCUT2D eigenvalue weighted by Gasteiger charge is 2.15. The van der Waals surface area contributed by atoms with Crippen molar-refractivity contribution in [2.75, 3.05) is 0 Å². The summed E-state index contributed by atoms with van der Waals surface area (Å²) < 4.78 is 13.2. The van der Waals surface area contributed by atoms with Gasteiger partial charge in [0, 0.05) is 0 Å². The SMILES string of the molecule is CC(NC(=NC1CCCC1)NN)c1cccc(F)c1. The lowest BCUT2D eigenvalue weighted by Crippen LogP contribution is -2.43. The molecule has 1 atom stereocenters. The summed E-state index contributed by atoms with van der Waals surface area (Å²) in [7, 11) is 0. The minimum absolute atomic E-state index is 0.0492. The Kier molecular flexibility index (Phi) is 4.74. The summed E-state index contributed by atoms with van der Waals surface area (Å²) in [5.41, 5.74) is 3.46. The predicted octanol–water partition coefficient (Wildman–Crippen LogP) is 2.24. The van der Waals surface area contributed by atoms with E-state index in [1.165, 1.54) is 25.0 Å². The molecule has 0 spiro atoms. The Balaban J connectivity index is 2.01. The van der Waals surface area contributed by atoms with Crippen molar-refractivity contribution in [1.29, 1.82) is 0 Å². The van der Waals surface area contributed by atoms with Crippen molar-refractivity contribution in [3.05, 3.63) is 35.6 Å². The van der Waals surface area contributed by atoms with Crippen LogP contribution in [-0.2, 0) is 0 Å². The Bertz CT molecular complexity index is 441. The van der Waals surface area contributed by atoms with E-state index in [0.717, 1.165) is 18.4 Å². The zero-order valence-corrected chi connectivity index (χ0v) is 11.2. The lowest BCUT2D eigenvalue weighted by molar-refractivity contribution is 0.613. The van der Waals surface area contributed by atoms with Crippen molar-refractivity contribution in [2.24, 2.45) is 10.8 Å². The Labute approximate surface area is 113 Å². The maximum Gasteiger partial charge on any atom is 0.206 e. The van der Waals surface area contributed by atoms with Crippen LogP contribution >= 0.6 is 0 Å². The minimum atomic E-state index is -0.235. The van der Waals surface area contributed by atoms with E-state index in [2.05, 4.69) is 15.7 Å². The first-order valence-electron chi connectivity index (χ1n) is 6.75. The molecule has 1 saturated carbocycles. The van der Waals surface area contributed by atoms with Gasteiger partial charge in [0.1, 0.15) is 5.82 Å². The number of rotatable bonds is 3. The lowest BCUT2D eigenvalue weighted by Gasteiger charge is -2.18. The number of hydrogen-bond donors (Lipinski definition) is 3. The second kappa shape index (κ2) is 6.52. The van der Waals surface area contributed by atoms with Gasteiger partial charge >= 0.3 is 0 Å². The third-order valence-electron chi connectivity index (χ3n) is 3.47. The van der Waals surface area contributed by atoms with Crippen molar-refractivity contribution < 1.29 is 4.39 Å². The van der Waals surface area contributed by atoms with Crippen LogP contribution in [0.3, 0.4) is 0 Å². The van der Waals surface area contributed by atoms with Gasteiger partial charge in [0.05, 0.1) is 12.1 Å². The average Bonchev–Trinajstić information content (AvgIpc) is 2.90. The van der Waals surface area contributed by atoms with Crippen LogP contribution in [0, 0.1) is 5.82 Å². The van der Waals surface area contributed by atoms with Crippen LogP contribution in [0.4, 0.5) is 4.39 Å². The summed E-state index contributed by atoms with van der Waals surface area (Å²) in [6.45, 7) is 1.95. The highest BCUT2D eigenvalue weighted by atomic mass is 19.1. The number of aliphatic imine (C=N–C) groups is 1. The van der Waals surface area contributed by atoms with E-state index in [4.69, 9.17) is 5.84 Å². The monoisotopic (exact) mass is 264 g/mol. The first-order valence-corrected chi connectivity index (χ1v) is 6.75.